The number of hydrogen-bond donors (Lipinski definition) is 2. The van der Waals surface area contributed by atoms with Gasteiger partial charge in [0, 0.05) is 50.0 Å². The van der Waals surface area contributed by atoms with Crippen molar-refractivity contribution in [3.8, 4) is 0 Å². The maximum Gasteiger partial charge on any atom is 0.303 e. The van der Waals surface area contributed by atoms with Gasteiger partial charge >= 0.3 is 5.97 Å². The monoisotopic (exact) mass is 600 g/mol. The van der Waals surface area contributed by atoms with E-state index in [2.05, 4.69) is 25.2 Å². The predicted molar refractivity (Wildman–Crippen MR) is 159 cm³/mol. The van der Waals surface area contributed by atoms with Crippen LogP contribution in [0.2, 0.25) is 0 Å². The number of fused-ring (bicyclic) bond motifs is 1. The Balaban J connectivity index is 1.34. The molecular weight excluding hydrogens is 561 g/mol. The third-order valence-electron chi connectivity index (χ3n) is 7.78. The van der Waals surface area contributed by atoms with Crippen LogP contribution >= 0.6 is 0 Å². The van der Waals surface area contributed by atoms with Crippen LogP contribution in [0.5, 0.6) is 0 Å². The van der Waals surface area contributed by atoms with Crippen LogP contribution in [0.25, 0.3) is 10.9 Å². The Morgan fingerprint density at radius 3 is 2.30 bits per heavy atom. The standard InChI is InChI=1S/C31H39F3N6O3/c1-20(22-10-9-11-23(29(22)32)30(33)34)36-31-24-18-26(35-19-25(24)37-21(2)38-31)39-14-16-40(17-15-39)27(41)12-7-5-3-4-6-8-13-28(42)43/h9-11,18-20,30H,3-8,12-17H2,1-2H3,(H,42,43)(H,36,37,38). The molecule has 12 heteroatoms. The number of anilines is 2. The number of alkyl halides is 2. The fraction of sp³-hybridized carbons (Fsp3) is 0.516. The molecule has 2 N–H and O–H groups in total. The number of piperazine rings is 1. The van der Waals surface area contributed by atoms with Gasteiger partial charge in [-0.25, -0.2) is 28.1 Å². The van der Waals surface area contributed by atoms with Crippen LogP contribution in [0.4, 0.5) is 24.8 Å². The molecule has 1 fully saturated rings. The Morgan fingerprint density at radius 1 is 0.977 bits per heavy atom. The fourth-order valence-corrected chi connectivity index (χ4v) is 5.38. The Hall–Kier alpha value is -3.96. The van der Waals surface area contributed by atoms with Crippen LogP contribution in [0.1, 0.15) is 87.7 Å². The van der Waals surface area contributed by atoms with Crippen LogP contribution in [0.15, 0.2) is 30.5 Å². The quantitative estimate of drug-likeness (QED) is 0.204. The van der Waals surface area contributed by atoms with E-state index in [-0.39, 0.29) is 17.9 Å². The number of aryl methyl sites for hydroxylation is 1. The Bertz CT molecular complexity index is 1420. The predicted octanol–water partition coefficient (Wildman–Crippen LogP) is 6.44. The van der Waals surface area contributed by atoms with E-state index in [4.69, 9.17) is 5.11 Å². The number of nitrogens with one attached hydrogen (secondary N) is 1. The summed E-state index contributed by atoms with van der Waals surface area (Å²) >= 11 is 0. The number of carboxylic acid groups (broad SMARTS) is 1. The van der Waals surface area contributed by atoms with Crippen LogP contribution in [-0.2, 0) is 9.59 Å². The summed E-state index contributed by atoms with van der Waals surface area (Å²) in [6, 6.07) is 5.21. The molecule has 2 aromatic heterocycles. The lowest BCUT2D eigenvalue weighted by molar-refractivity contribution is -0.137. The van der Waals surface area contributed by atoms with E-state index in [9.17, 15) is 22.8 Å². The number of unbranched alkanes of at least 4 members (excludes halogenated alkanes) is 5. The SMILES string of the molecule is Cc1nc(NC(C)c2cccc(C(F)F)c2F)c2cc(N3CCN(C(=O)CCCCCCCCC(=O)O)CC3)ncc2n1. The molecule has 1 atom stereocenters. The minimum Gasteiger partial charge on any atom is -0.481 e. The first-order chi connectivity index (χ1) is 20.6. The van der Waals surface area contributed by atoms with Crippen molar-refractivity contribution in [2.75, 3.05) is 36.4 Å². The zero-order valence-electron chi connectivity index (χ0n) is 24.7. The average Bonchev–Trinajstić information content (AvgIpc) is 2.98. The van der Waals surface area contributed by atoms with Crippen LogP contribution in [0, 0.1) is 12.7 Å². The number of halogens is 3. The molecule has 232 valence electrons. The van der Waals surface area contributed by atoms with Crippen LogP contribution < -0.4 is 10.2 Å². The van der Waals surface area contributed by atoms with Crippen molar-refractivity contribution in [3.05, 3.63) is 53.2 Å². The number of aliphatic carboxylic acids is 1. The number of aromatic nitrogens is 3. The van der Waals surface area contributed by atoms with Gasteiger partial charge in [0.05, 0.1) is 23.3 Å². The maximum absolute atomic E-state index is 14.8. The highest BCUT2D eigenvalue weighted by molar-refractivity contribution is 5.90. The molecule has 3 heterocycles. The number of carbonyl (C=O) groups excluding carboxylic acids is 1. The van der Waals surface area contributed by atoms with E-state index >= 15 is 0 Å². The molecule has 0 aliphatic carbocycles. The molecule has 3 aromatic rings. The first-order valence-corrected chi connectivity index (χ1v) is 14.9. The minimum absolute atomic E-state index is 0.119. The molecule has 0 radical (unpaired) electrons. The Labute approximate surface area is 249 Å². The molecule has 1 amide bonds. The molecule has 1 aliphatic heterocycles. The highest BCUT2D eigenvalue weighted by Gasteiger charge is 2.23. The molecule has 1 unspecified atom stereocenters. The summed E-state index contributed by atoms with van der Waals surface area (Å²) in [4.78, 5) is 40.9. The average molecular weight is 601 g/mol. The molecule has 9 nitrogen and oxygen atoms in total. The topological polar surface area (TPSA) is 112 Å². The van der Waals surface area contributed by atoms with E-state index in [1.54, 1.807) is 20.0 Å². The van der Waals surface area contributed by atoms with Gasteiger partial charge in [0.15, 0.2) is 0 Å². The van der Waals surface area contributed by atoms with Gasteiger partial charge < -0.3 is 20.2 Å². The van der Waals surface area contributed by atoms with Crippen molar-refractivity contribution in [2.24, 2.45) is 0 Å². The second kappa shape index (κ2) is 15.0. The summed E-state index contributed by atoms with van der Waals surface area (Å²) in [5.74, 6) is 0.102. The lowest BCUT2D eigenvalue weighted by Gasteiger charge is -2.35. The molecule has 1 aromatic carbocycles. The molecule has 1 saturated heterocycles. The normalized spacial score (nSPS) is 14.4. The van der Waals surface area contributed by atoms with E-state index in [1.165, 1.54) is 12.1 Å². The molecule has 43 heavy (non-hydrogen) atoms. The van der Waals surface area contributed by atoms with E-state index in [0.717, 1.165) is 38.2 Å². The summed E-state index contributed by atoms with van der Waals surface area (Å²) in [6.45, 7) is 5.83. The van der Waals surface area contributed by atoms with Gasteiger partial charge in [0.2, 0.25) is 5.91 Å². The number of benzene rings is 1. The van der Waals surface area contributed by atoms with Crippen molar-refractivity contribution < 1.29 is 27.9 Å². The van der Waals surface area contributed by atoms with Gasteiger partial charge in [-0.05, 0) is 32.8 Å². The molecule has 4 rings (SSSR count). The van der Waals surface area contributed by atoms with Crippen LogP contribution in [0.3, 0.4) is 0 Å². The van der Waals surface area contributed by atoms with Gasteiger partial charge in [-0.1, -0.05) is 43.9 Å². The van der Waals surface area contributed by atoms with Gasteiger partial charge in [0.1, 0.15) is 23.3 Å². The first-order valence-electron chi connectivity index (χ1n) is 14.9. The smallest absolute Gasteiger partial charge is 0.303 e. The number of amides is 1. The van der Waals surface area contributed by atoms with Gasteiger partial charge in [-0.3, -0.25) is 9.59 Å². The number of nitrogens with zero attached hydrogens (tertiary/aromatic N) is 5. The fourth-order valence-electron chi connectivity index (χ4n) is 5.38. The Morgan fingerprint density at radius 2 is 1.63 bits per heavy atom. The van der Waals surface area contributed by atoms with Crippen molar-refractivity contribution in [2.45, 2.75) is 77.7 Å². The largest absolute Gasteiger partial charge is 0.481 e. The summed E-state index contributed by atoms with van der Waals surface area (Å²) in [6.07, 6.45) is 4.85. The summed E-state index contributed by atoms with van der Waals surface area (Å²) in [5, 5.41) is 12.6. The number of pyridine rings is 1. The maximum atomic E-state index is 14.8. The molecule has 1 aliphatic rings. The van der Waals surface area contributed by atoms with Crippen molar-refractivity contribution in [1.29, 1.82) is 0 Å². The van der Waals surface area contributed by atoms with Gasteiger partial charge in [-0.2, -0.15) is 0 Å². The summed E-state index contributed by atoms with van der Waals surface area (Å²) in [5.41, 5.74) is 0.0837. The zero-order valence-corrected chi connectivity index (χ0v) is 24.7. The van der Waals surface area contributed by atoms with E-state index in [1.807, 2.05) is 11.0 Å². The first kappa shape index (κ1) is 32.0. The number of carbonyl (C=O) groups is 2. The molecule has 0 saturated carbocycles. The highest BCUT2D eigenvalue weighted by Crippen LogP contribution is 2.31. The van der Waals surface area contributed by atoms with Gasteiger partial charge in [-0.15, -0.1) is 0 Å². The summed E-state index contributed by atoms with van der Waals surface area (Å²) in [7, 11) is 0. The van der Waals surface area contributed by atoms with Crippen LogP contribution in [-0.4, -0.2) is 63.0 Å². The molecule has 0 bridgehead atoms. The van der Waals surface area contributed by atoms with Crippen molar-refractivity contribution >= 4 is 34.4 Å². The highest BCUT2D eigenvalue weighted by atomic mass is 19.3. The second-order valence-electron chi connectivity index (χ2n) is 11.0. The van der Waals surface area contributed by atoms with Gasteiger partial charge in [0.25, 0.3) is 6.43 Å². The third kappa shape index (κ3) is 8.55. The number of rotatable bonds is 14. The minimum atomic E-state index is -2.91. The van der Waals surface area contributed by atoms with Crippen molar-refractivity contribution in [3.63, 3.8) is 0 Å². The van der Waals surface area contributed by atoms with E-state index in [0.29, 0.717) is 67.4 Å². The number of carboxylic acids is 1. The van der Waals surface area contributed by atoms with E-state index < -0.39 is 29.8 Å². The third-order valence-corrected chi connectivity index (χ3v) is 7.78. The molecular formula is C31H39F3N6O3. The van der Waals surface area contributed by atoms with Crippen molar-refractivity contribution in [1.82, 2.24) is 19.9 Å². The second-order valence-corrected chi connectivity index (χ2v) is 11.0. The zero-order chi connectivity index (χ0) is 30.9. The Kier molecular flexibility index (Phi) is 11.1. The molecule has 0 spiro atoms. The lowest BCUT2D eigenvalue weighted by atomic mass is 10.0. The lowest BCUT2D eigenvalue weighted by Crippen LogP contribution is -2.49. The number of hydrogen-bond acceptors (Lipinski definition) is 7. The summed E-state index contributed by atoms with van der Waals surface area (Å²) < 4.78 is 41.3.